The van der Waals surface area contributed by atoms with E-state index < -0.39 is 0 Å². The summed E-state index contributed by atoms with van der Waals surface area (Å²) in [5.74, 6) is 0. The van der Waals surface area contributed by atoms with Crippen molar-refractivity contribution >= 4 is 12.1 Å². The first-order valence-electron chi connectivity index (χ1n) is 4.54. The summed E-state index contributed by atoms with van der Waals surface area (Å²) < 4.78 is 0. The zero-order valence-corrected chi connectivity index (χ0v) is 9.08. The van der Waals surface area contributed by atoms with E-state index in [4.69, 9.17) is 0 Å². The van der Waals surface area contributed by atoms with Crippen LogP contribution in [-0.4, -0.2) is 12.1 Å². The van der Waals surface area contributed by atoms with E-state index in [1.54, 1.807) is 6.08 Å². The van der Waals surface area contributed by atoms with Gasteiger partial charge in [-0.2, -0.15) is 0 Å². The summed E-state index contributed by atoms with van der Waals surface area (Å²) in [7, 11) is 0. The second kappa shape index (κ2) is 7.01. The standard InChI is InChI=1S/C12H17NO/c1-5-6-7-10(2)11(3)8-12(4)13-9-14/h5-7,9H,1,8H2,2-4H3/b7-6-,11-10+,13-12?. The van der Waals surface area contributed by atoms with Crippen LogP contribution in [0.15, 0.2) is 40.9 Å². The minimum absolute atomic E-state index is 0.581. The number of nitrogens with zero attached hydrogens (tertiary/aromatic N) is 1. The highest BCUT2D eigenvalue weighted by atomic mass is 16.1. The smallest absolute Gasteiger partial charge is 0.232 e. The van der Waals surface area contributed by atoms with Crippen LogP contribution in [0.4, 0.5) is 0 Å². The van der Waals surface area contributed by atoms with E-state index in [-0.39, 0.29) is 0 Å². The van der Waals surface area contributed by atoms with Crippen molar-refractivity contribution in [3.05, 3.63) is 36.0 Å². The van der Waals surface area contributed by atoms with Crippen molar-refractivity contribution in [2.75, 3.05) is 0 Å². The minimum atomic E-state index is 0.581. The Morgan fingerprint density at radius 1 is 1.36 bits per heavy atom. The predicted octanol–water partition coefficient (Wildman–Crippen LogP) is 3.07. The molecule has 0 fully saturated rings. The Kier molecular flexibility index (Phi) is 6.29. The average Bonchev–Trinajstić information content (AvgIpc) is 2.14. The lowest BCUT2D eigenvalue weighted by Crippen LogP contribution is -1.94. The maximum absolute atomic E-state index is 10.1. The molecular weight excluding hydrogens is 174 g/mol. The number of hydrogen-bond acceptors (Lipinski definition) is 1. The van der Waals surface area contributed by atoms with Gasteiger partial charge in [-0.1, -0.05) is 36.0 Å². The second-order valence-electron chi connectivity index (χ2n) is 3.20. The van der Waals surface area contributed by atoms with Crippen LogP contribution in [0.25, 0.3) is 0 Å². The fraction of sp³-hybridized carbons (Fsp3) is 0.333. The fourth-order valence-corrected chi connectivity index (χ4v) is 1.01. The van der Waals surface area contributed by atoms with Gasteiger partial charge in [0, 0.05) is 12.1 Å². The average molecular weight is 191 g/mol. The number of carbonyl (C=O) groups excluding carboxylic acids is 1. The molecule has 0 saturated carbocycles. The third-order valence-electron chi connectivity index (χ3n) is 1.95. The first kappa shape index (κ1) is 12.6. The summed E-state index contributed by atoms with van der Waals surface area (Å²) in [6.45, 7) is 9.52. The summed E-state index contributed by atoms with van der Waals surface area (Å²) in [6.07, 6.45) is 6.95. The monoisotopic (exact) mass is 191 g/mol. The molecule has 0 aliphatic heterocycles. The SMILES string of the molecule is C=C/C=C\C(C)=C(/C)CC(C)=NC=O. The lowest BCUT2D eigenvalue weighted by atomic mass is 10.1. The van der Waals surface area contributed by atoms with Crippen molar-refractivity contribution in [3.63, 3.8) is 0 Å². The zero-order valence-electron chi connectivity index (χ0n) is 9.08. The van der Waals surface area contributed by atoms with Crippen LogP contribution in [-0.2, 0) is 4.79 Å². The molecule has 2 nitrogen and oxygen atoms in total. The van der Waals surface area contributed by atoms with Crippen LogP contribution in [0.2, 0.25) is 0 Å². The van der Waals surface area contributed by atoms with E-state index in [2.05, 4.69) is 11.6 Å². The Balaban J connectivity index is 4.51. The molecule has 0 N–H and O–H groups in total. The zero-order chi connectivity index (χ0) is 11.0. The first-order chi connectivity index (χ1) is 6.61. The normalized spacial score (nSPS) is 14.1. The van der Waals surface area contributed by atoms with Crippen LogP contribution in [0, 0.1) is 0 Å². The molecule has 1 amide bonds. The molecule has 0 heterocycles. The number of rotatable bonds is 5. The molecule has 0 aromatic carbocycles. The molecular formula is C12H17NO. The highest BCUT2D eigenvalue weighted by Crippen LogP contribution is 2.10. The van der Waals surface area contributed by atoms with E-state index in [0.29, 0.717) is 6.41 Å². The largest absolute Gasteiger partial charge is 0.276 e. The van der Waals surface area contributed by atoms with Crippen LogP contribution < -0.4 is 0 Å². The van der Waals surface area contributed by atoms with Gasteiger partial charge in [-0.3, -0.25) is 4.79 Å². The van der Waals surface area contributed by atoms with E-state index >= 15 is 0 Å². The van der Waals surface area contributed by atoms with E-state index in [1.807, 2.05) is 32.9 Å². The third kappa shape index (κ3) is 5.25. The summed E-state index contributed by atoms with van der Waals surface area (Å²) >= 11 is 0. The molecule has 0 saturated heterocycles. The summed E-state index contributed by atoms with van der Waals surface area (Å²) in [5.41, 5.74) is 3.24. The molecule has 0 rings (SSSR count). The van der Waals surface area contributed by atoms with Crippen molar-refractivity contribution in [1.82, 2.24) is 0 Å². The summed E-state index contributed by atoms with van der Waals surface area (Å²) in [6, 6.07) is 0. The van der Waals surface area contributed by atoms with E-state index in [0.717, 1.165) is 12.1 Å². The molecule has 0 aromatic heterocycles. The Morgan fingerprint density at radius 2 is 2.00 bits per heavy atom. The fourth-order valence-electron chi connectivity index (χ4n) is 1.01. The molecule has 0 radical (unpaired) electrons. The number of aliphatic imine (C=N–C) groups is 1. The van der Waals surface area contributed by atoms with Crippen LogP contribution in [0.1, 0.15) is 27.2 Å². The first-order valence-corrected chi connectivity index (χ1v) is 4.54. The highest BCUT2D eigenvalue weighted by molar-refractivity contribution is 5.89. The maximum atomic E-state index is 10.1. The topological polar surface area (TPSA) is 29.4 Å². The third-order valence-corrected chi connectivity index (χ3v) is 1.95. The Bertz CT molecular complexity index is 295. The van der Waals surface area contributed by atoms with Crippen molar-refractivity contribution < 1.29 is 4.79 Å². The van der Waals surface area contributed by atoms with Crippen LogP contribution >= 0.6 is 0 Å². The van der Waals surface area contributed by atoms with Gasteiger partial charge in [0.15, 0.2) is 0 Å². The van der Waals surface area contributed by atoms with Crippen LogP contribution in [0.3, 0.4) is 0 Å². The second-order valence-corrected chi connectivity index (χ2v) is 3.20. The quantitative estimate of drug-likeness (QED) is 0.373. The molecule has 0 aromatic rings. The highest BCUT2D eigenvalue weighted by Gasteiger charge is 1.96. The van der Waals surface area contributed by atoms with Gasteiger partial charge in [-0.05, 0) is 20.8 Å². The summed E-state index contributed by atoms with van der Waals surface area (Å²) in [5, 5.41) is 0. The van der Waals surface area contributed by atoms with E-state index in [9.17, 15) is 4.79 Å². The van der Waals surface area contributed by atoms with Gasteiger partial charge in [0.25, 0.3) is 0 Å². The van der Waals surface area contributed by atoms with Gasteiger partial charge in [-0.25, -0.2) is 4.99 Å². The Morgan fingerprint density at radius 3 is 2.50 bits per heavy atom. The van der Waals surface area contributed by atoms with Gasteiger partial charge in [-0.15, -0.1) is 0 Å². The molecule has 0 bridgehead atoms. The molecule has 0 spiro atoms. The van der Waals surface area contributed by atoms with Crippen molar-refractivity contribution in [2.24, 2.45) is 4.99 Å². The van der Waals surface area contributed by atoms with Gasteiger partial charge in [0.05, 0.1) is 0 Å². The number of allylic oxidation sites excluding steroid dienone is 5. The van der Waals surface area contributed by atoms with Crippen molar-refractivity contribution in [1.29, 1.82) is 0 Å². The Labute approximate surface area is 85.7 Å². The predicted molar refractivity (Wildman–Crippen MR) is 61.5 cm³/mol. The lowest BCUT2D eigenvalue weighted by molar-refractivity contribution is -0.106. The van der Waals surface area contributed by atoms with Gasteiger partial charge in [0.1, 0.15) is 0 Å². The summed E-state index contributed by atoms with van der Waals surface area (Å²) in [4.78, 5) is 13.8. The molecule has 0 atom stereocenters. The molecule has 0 unspecified atom stereocenters. The van der Waals surface area contributed by atoms with Gasteiger partial charge < -0.3 is 0 Å². The van der Waals surface area contributed by atoms with E-state index in [1.165, 1.54) is 11.1 Å². The number of carbonyl (C=O) groups is 1. The molecule has 0 aliphatic rings. The van der Waals surface area contributed by atoms with Crippen molar-refractivity contribution in [2.45, 2.75) is 27.2 Å². The minimum Gasteiger partial charge on any atom is -0.276 e. The lowest BCUT2D eigenvalue weighted by Gasteiger charge is -2.02. The maximum Gasteiger partial charge on any atom is 0.232 e. The van der Waals surface area contributed by atoms with Crippen LogP contribution in [0.5, 0.6) is 0 Å². The number of amides is 1. The van der Waals surface area contributed by atoms with Crippen molar-refractivity contribution in [3.8, 4) is 0 Å². The molecule has 14 heavy (non-hydrogen) atoms. The van der Waals surface area contributed by atoms with Gasteiger partial charge in [0.2, 0.25) is 6.41 Å². The van der Waals surface area contributed by atoms with Gasteiger partial charge >= 0.3 is 0 Å². The molecule has 2 heteroatoms. The Hall–Kier alpha value is -1.44. The molecule has 0 aliphatic carbocycles. The molecule has 76 valence electrons. The number of hydrogen-bond donors (Lipinski definition) is 0.